The molecule has 4 rings (SSSR count). The van der Waals surface area contributed by atoms with Crippen LogP contribution in [-0.2, 0) is 16.4 Å². The van der Waals surface area contributed by atoms with Crippen molar-refractivity contribution in [3.8, 4) is 5.75 Å². The molecule has 0 atom stereocenters. The van der Waals surface area contributed by atoms with E-state index in [0.29, 0.717) is 38.2 Å². The lowest BCUT2D eigenvalue weighted by molar-refractivity contribution is 0.384. The van der Waals surface area contributed by atoms with Crippen molar-refractivity contribution in [2.45, 2.75) is 18.2 Å². The first-order chi connectivity index (χ1) is 14.9. The summed E-state index contributed by atoms with van der Waals surface area (Å²) < 4.78 is 46.4. The first-order valence-corrected chi connectivity index (χ1v) is 12.3. The number of nitrogens with zero attached hydrogens (tertiary/aromatic N) is 3. The predicted molar refractivity (Wildman–Crippen MR) is 120 cm³/mol. The summed E-state index contributed by atoms with van der Waals surface area (Å²) in [6.45, 7) is 3.42. The van der Waals surface area contributed by atoms with Crippen LogP contribution in [0.3, 0.4) is 0 Å². The van der Waals surface area contributed by atoms with E-state index in [1.807, 2.05) is 29.6 Å². The number of hydrogen-bond acceptors (Lipinski definition) is 6. The number of thiazole rings is 1. The minimum absolute atomic E-state index is 0.0364. The van der Waals surface area contributed by atoms with Gasteiger partial charge in [0.2, 0.25) is 10.0 Å². The summed E-state index contributed by atoms with van der Waals surface area (Å²) >= 11 is 1.55. The summed E-state index contributed by atoms with van der Waals surface area (Å²) in [5, 5.41) is 2.91. The van der Waals surface area contributed by atoms with Crippen LogP contribution < -0.4 is 9.64 Å². The van der Waals surface area contributed by atoms with Crippen molar-refractivity contribution in [3.05, 3.63) is 70.5 Å². The lowest BCUT2D eigenvalue weighted by atomic mass is 10.1. The monoisotopic (exact) mass is 461 g/mol. The first-order valence-electron chi connectivity index (χ1n) is 9.96. The molecular weight excluding hydrogens is 437 g/mol. The van der Waals surface area contributed by atoms with Crippen molar-refractivity contribution < 1.29 is 17.5 Å². The molecule has 164 valence electrons. The maximum atomic E-state index is 13.6. The zero-order chi connectivity index (χ0) is 22.0. The number of aryl methyl sites for hydroxylation is 1. The van der Waals surface area contributed by atoms with E-state index in [1.165, 1.54) is 16.4 Å². The van der Waals surface area contributed by atoms with Gasteiger partial charge in [-0.3, -0.25) is 0 Å². The van der Waals surface area contributed by atoms with E-state index in [1.54, 1.807) is 25.4 Å². The van der Waals surface area contributed by atoms with Gasteiger partial charge in [0, 0.05) is 43.5 Å². The highest BCUT2D eigenvalue weighted by Crippen LogP contribution is 2.28. The number of para-hydroxylation sites is 1. The maximum Gasteiger partial charge on any atom is 0.243 e. The molecule has 6 nitrogen and oxygen atoms in total. The molecule has 31 heavy (non-hydrogen) atoms. The third-order valence-electron chi connectivity index (χ3n) is 5.38. The van der Waals surface area contributed by atoms with Gasteiger partial charge < -0.3 is 9.64 Å². The Labute approximate surface area is 186 Å². The minimum Gasteiger partial charge on any atom is -0.496 e. The van der Waals surface area contributed by atoms with Gasteiger partial charge >= 0.3 is 0 Å². The lowest BCUT2D eigenvalue weighted by Crippen LogP contribution is -2.48. The third-order valence-corrected chi connectivity index (χ3v) is 8.37. The van der Waals surface area contributed by atoms with E-state index < -0.39 is 15.8 Å². The average Bonchev–Trinajstić information content (AvgIpc) is 3.24. The number of aromatic nitrogens is 1. The molecule has 1 aliphatic heterocycles. The highest BCUT2D eigenvalue weighted by Gasteiger charge is 2.30. The van der Waals surface area contributed by atoms with E-state index in [-0.39, 0.29) is 4.90 Å². The molecule has 1 aliphatic rings. The second-order valence-corrected chi connectivity index (χ2v) is 10.2. The van der Waals surface area contributed by atoms with Crippen molar-refractivity contribution >= 4 is 26.5 Å². The van der Waals surface area contributed by atoms with E-state index in [9.17, 15) is 12.8 Å². The van der Waals surface area contributed by atoms with Crippen LogP contribution in [0.1, 0.15) is 16.8 Å². The van der Waals surface area contributed by atoms with Crippen molar-refractivity contribution in [1.29, 1.82) is 0 Å². The standard InChI is InChI=1S/C22H24FN3O3S2/c1-16-7-8-18(23)14-21(16)31(27,28)26-11-9-25(10-12-26)22-24-19(15-30-22)13-17-5-3-4-6-20(17)29-2/h3-8,14-15H,9-13H2,1-2H3. The number of sulfonamides is 1. The van der Waals surface area contributed by atoms with E-state index in [4.69, 9.17) is 9.72 Å². The normalized spacial score (nSPS) is 15.3. The fraction of sp³-hybridized carbons (Fsp3) is 0.318. The largest absolute Gasteiger partial charge is 0.496 e. The molecule has 1 fully saturated rings. The Morgan fingerprint density at radius 2 is 1.87 bits per heavy atom. The summed E-state index contributed by atoms with van der Waals surface area (Å²) in [5.41, 5.74) is 2.57. The Balaban J connectivity index is 1.43. The second kappa shape index (κ2) is 8.94. The van der Waals surface area contributed by atoms with Gasteiger partial charge in [0.05, 0.1) is 17.7 Å². The number of methoxy groups -OCH3 is 1. The molecule has 0 N–H and O–H groups in total. The van der Waals surface area contributed by atoms with Crippen LogP contribution in [0.25, 0.3) is 0 Å². The van der Waals surface area contributed by atoms with Crippen LogP contribution in [0.2, 0.25) is 0 Å². The Bertz CT molecular complexity index is 1170. The van der Waals surface area contributed by atoms with Gasteiger partial charge in [-0.05, 0) is 30.7 Å². The fourth-order valence-electron chi connectivity index (χ4n) is 3.68. The molecule has 0 aliphatic carbocycles. The maximum absolute atomic E-state index is 13.6. The SMILES string of the molecule is COc1ccccc1Cc1csc(N2CCN(S(=O)(=O)c3cc(F)ccc3C)CC2)n1. The quantitative estimate of drug-likeness (QED) is 0.560. The Morgan fingerprint density at radius 3 is 2.61 bits per heavy atom. The molecule has 2 aromatic carbocycles. The van der Waals surface area contributed by atoms with Gasteiger partial charge in [-0.1, -0.05) is 24.3 Å². The molecule has 0 bridgehead atoms. The number of benzene rings is 2. The summed E-state index contributed by atoms with van der Waals surface area (Å²) in [5.74, 6) is 0.289. The topological polar surface area (TPSA) is 62.7 Å². The number of piperazine rings is 1. The minimum atomic E-state index is -3.73. The van der Waals surface area contributed by atoms with Crippen molar-refractivity contribution in [1.82, 2.24) is 9.29 Å². The van der Waals surface area contributed by atoms with Gasteiger partial charge in [0.25, 0.3) is 0 Å². The molecule has 0 radical (unpaired) electrons. The fourth-order valence-corrected chi connectivity index (χ4v) is 6.22. The third kappa shape index (κ3) is 4.58. The summed E-state index contributed by atoms with van der Waals surface area (Å²) in [4.78, 5) is 6.88. The molecule has 0 amide bonds. The van der Waals surface area contributed by atoms with Crippen molar-refractivity contribution in [2.24, 2.45) is 0 Å². The van der Waals surface area contributed by atoms with E-state index in [2.05, 4.69) is 4.90 Å². The first kappa shape index (κ1) is 21.7. The van der Waals surface area contributed by atoms with Crippen LogP contribution >= 0.6 is 11.3 Å². The zero-order valence-corrected chi connectivity index (χ0v) is 19.0. The molecule has 0 unspecified atom stereocenters. The van der Waals surface area contributed by atoms with Crippen LogP contribution in [-0.4, -0.2) is 51.0 Å². The molecule has 1 saturated heterocycles. The van der Waals surface area contributed by atoms with Gasteiger partial charge in [0.1, 0.15) is 11.6 Å². The average molecular weight is 462 g/mol. The molecule has 1 aromatic heterocycles. The molecule has 0 spiro atoms. The van der Waals surface area contributed by atoms with Crippen LogP contribution in [0.15, 0.2) is 52.7 Å². The number of hydrogen-bond donors (Lipinski definition) is 0. The lowest BCUT2D eigenvalue weighted by Gasteiger charge is -2.34. The molecule has 3 aromatic rings. The van der Waals surface area contributed by atoms with Crippen LogP contribution in [0.4, 0.5) is 9.52 Å². The van der Waals surface area contributed by atoms with Gasteiger partial charge in [-0.15, -0.1) is 11.3 Å². The highest BCUT2D eigenvalue weighted by molar-refractivity contribution is 7.89. The number of ether oxygens (including phenoxy) is 1. The molecule has 0 saturated carbocycles. The second-order valence-electron chi connectivity index (χ2n) is 7.41. The molecular formula is C22H24FN3O3S2. The summed E-state index contributed by atoms with van der Waals surface area (Å²) in [6.07, 6.45) is 0.674. The Kier molecular flexibility index (Phi) is 6.27. The summed E-state index contributed by atoms with van der Waals surface area (Å²) in [6, 6.07) is 11.7. The zero-order valence-electron chi connectivity index (χ0n) is 17.4. The highest BCUT2D eigenvalue weighted by atomic mass is 32.2. The van der Waals surface area contributed by atoms with Crippen molar-refractivity contribution in [3.63, 3.8) is 0 Å². The van der Waals surface area contributed by atoms with Gasteiger partial charge in [-0.25, -0.2) is 17.8 Å². The number of anilines is 1. The van der Waals surface area contributed by atoms with E-state index in [0.717, 1.165) is 28.2 Å². The van der Waals surface area contributed by atoms with Crippen molar-refractivity contribution in [2.75, 3.05) is 38.2 Å². The van der Waals surface area contributed by atoms with Crippen LogP contribution in [0.5, 0.6) is 5.75 Å². The Hall–Kier alpha value is -2.49. The number of rotatable bonds is 6. The van der Waals surface area contributed by atoms with Crippen LogP contribution in [0, 0.1) is 12.7 Å². The van der Waals surface area contributed by atoms with Gasteiger partial charge in [-0.2, -0.15) is 4.31 Å². The van der Waals surface area contributed by atoms with Gasteiger partial charge in [0.15, 0.2) is 5.13 Å². The Morgan fingerprint density at radius 1 is 1.13 bits per heavy atom. The van der Waals surface area contributed by atoms with E-state index >= 15 is 0 Å². The smallest absolute Gasteiger partial charge is 0.243 e. The predicted octanol–water partition coefficient (Wildman–Crippen LogP) is 3.70. The molecule has 2 heterocycles. The molecule has 9 heteroatoms. The summed E-state index contributed by atoms with van der Waals surface area (Å²) in [7, 11) is -2.07. The number of halogens is 1.